The van der Waals surface area contributed by atoms with E-state index in [1.165, 1.54) is 17.9 Å². The lowest BCUT2D eigenvalue weighted by Crippen LogP contribution is -2.21. The number of halogens is 1. The van der Waals surface area contributed by atoms with Crippen LogP contribution in [0.5, 0.6) is 0 Å². The Balaban J connectivity index is 2.30. The molecule has 1 heterocycles. The highest BCUT2D eigenvalue weighted by Crippen LogP contribution is 2.19. The van der Waals surface area contributed by atoms with Crippen LogP contribution in [0.4, 0.5) is 0 Å². The molecule has 0 unspecified atom stereocenters. The fourth-order valence-electron chi connectivity index (χ4n) is 1.59. The molecule has 0 aliphatic rings. The van der Waals surface area contributed by atoms with E-state index in [0.29, 0.717) is 12.1 Å². The zero-order valence-electron chi connectivity index (χ0n) is 10.2. The van der Waals surface area contributed by atoms with Gasteiger partial charge in [-0.1, -0.05) is 22.0 Å². The van der Waals surface area contributed by atoms with Crippen LogP contribution in [0.3, 0.4) is 0 Å². The summed E-state index contributed by atoms with van der Waals surface area (Å²) in [4.78, 5) is 22.9. The van der Waals surface area contributed by atoms with Crippen molar-refractivity contribution in [3.63, 3.8) is 0 Å². The Bertz CT molecular complexity index is 667. The minimum absolute atomic E-state index is 0.175. The highest BCUT2D eigenvalue weighted by molar-refractivity contribution is 9.10. The molecule has 6 heteroatoms. The zero-order valence-corrected chi connectivity index (χ0v) is 11.8. The number of aromatic nitrogens is 2. The molecule has 2 aromatic rings. The molecule has 2 rings (SSSR count). The second kappa shape index (κ2) is 5.79. The van der Waals surface area contributed by atoms with Gasteiger partial charge in [0.25, 0.3) is 5.56 Å². The lowest BCUT2D eigenvalue weighted by molar-refractivity contribution is 0.0600. The SMILES string of the molecule is COC(=O)c1ccc(Cn2ncccc2=O)c(Br)c1. The number of methoxy groups -OCH3 is 1. The third-order valence-corrected chi connectivity index (χ3v) is 3.32. The second-order valence-corrected chi connectivity index (χ2v) is 4.67. The van der Waals surface area contributed by atoms with E-state index in [1.807, 2.05) is 0 Å². The van der Waals surface area contributed by atoms with Crippen LogP contribution < -0.4 is 5.56 Å². The molecule has 0 atom stereocenters. The van der Waals surface area contributed by atoms with Gasteiger partial charge in [0.15, 0.2) is 0 Å². The van der Waals surface area contributed by atoms with E-state index in [4.69, 9.17) is 0 Å². The number of hydrogen-bond donors (Lipinski definition) is 0. The number of hydrogen-bond acceptors (Lipinski definition) is 4. The van der Waals surface area contributed by atoms with Crippen LogP contribution in [0, 0.1) is 0 Å². The number of carbonyl (C=O) groups is 1. The Hall–Kier alpha value is -1.95. The van der Waals surface area contributed by atoms with Gasteiger partial charge in [0.2, 0.25) is 0 Å². The molecule has 0 spiro atoms. The highest BCUT2D eigenvalue weighted by atomic mass is 79.9. The minimum atomic E-state index is -0.401. The van der Waals surface area contributed by atoms with Crippen molar-refractivity contribution in [3.05, 3.63) is 62.5 Å². The Kier molecular flexibility index (Phi) is 4.11. The number of carbonyl (C=O) groups excluding carboxylic acids is 1. The molecule has 0 fully saturated rings. The number of nitrogens with zero attached hydrogens (tertiary/aromatic N) is 2. The monoisotopic (exact) mass is 322 g/mol. The molecule has 0 radical (unpaired) electrons. The third kappa shape index (κ3) is 3.08. The van der Waals surface area contributed by atoms with E-state index in [0.717, 1.165) is 10.0 Å². The largest absolute Gasteiger partial charge is 0.465 e. The topological polar surface area (TPSA) is 61.2 Å². The van der Waals surface area contributed by atoms with E-state index >= 15 is 0 Å². The number of rotatable bonds is 3. The highest BCUT2D eigenvalue weighted by Gasteiger charge is 2.09. The van der Waals surface area contributed by atoms with Crippen molar-refractivity contribution < 1.29 is 9.53 Å². The van der Waals surface area contributed by atoms with Gasteiger partial charge in [-0.25, -0.2) is 9.48 Å². The third-order valence-electron chi connectivity index (χ3n) is 2.58. The van der Waals surface area contributed by atoms with Crippen molar-refractivity contribution in [2.24, 2.45) is 0 Å². The summed E-state index contributed by atoms with van der Waals surface area (Å²) in [5, 5.41) is 3.98. The van der Waals surface area contributed by atoms with Crippen LogP contribution in [0.25, 0.3) is 0 Å². The maximum atomic E-state index is 11.6. The quantitative estimate of drug-likeness (QED) is 0.809. The summed E-state index contributed by atoms with van der Waals surface area (Å²) in [6.07, 6.45) is 1.55. The Morgan fingerprint density at radius 2 is 2.21 bits per heavy atom. The van der Waals surface area contributed by atoms with Gasteiger partial charge in [-0.15, -0.1) is 0 Å². The van der Waals surface area contributed by atoms with Crippen molar-refractivity contribution in [1.29, 1.82) is 0 Å². The van der Waals surface area contributed by atoms with Crippen LogP contribution in [0.1, 0.15) is 15.9 Å². The van der Waals surface area contributed by atoms with E-state index in [-0.39, 0.29) is 5.56 Å². The molecule has 19 heavy (non-hydrogen) atoms. The van der Waals surface area contributed by atoms with Crippen LogP contribution in [0.15, 0.2) is 45.8 Å². The lowest BCUT2D eigenvalue weighted by Gasteiger charge is -2.07. The minimum Gasteiger partial charge on any atom is -0.465 e. The van der Waals surface area contributed by atoms with Crippen LogP contribution in [0.2, 0.25) is 0 Å². The maximum absolute atomic E-state index is 11.6. The zero-order chi connectivity index (χ0) is 13.8. The smallest absolute Gasteiger partial charge is 0.337 e. The molecule has 0 aliphatic carbocycles. The second-order valence-electron chi connectivity index (χ2n) is 3.82. The summed E-state index contributed by atoms with van der Waals surface area (Å²) in [5.41, 5.74) is 1.13. The molecule has 0 saturated carbocycles. The first-order valence-electron chi connectivity index (χ1n) is 5.50. The molecule has 98 valence electrons. The molecule has 1 aromatic heterocycles. The van der Waals surface area contributed by atoms with E-state index in [1.54, 1.807) is 30.5 Å². The van der Waals surface area contributed by atoms with Gasteiger partial charge in [0.1, 0.15) is 0 Å². The Labute approximate surface area is 118 Å². The predicted molar refractivity (Wildman–Crippen MR) is 73.1 cm³/mol. The van der Waals surface area contributed by atoms with Gasteiger partial charge in [0, 0.05) is 16.7 Å². The fourth-order valence-corrected chi connectivity index (χ4v) is 2.09. The molecule has 0 aliphatic heterocycles. The number of benzene rings is 1. The van der Waals surface area contributed by atoms with Crippen LogP contribution in [-0.4, -0.2) is 22.9 Å². The summed E-state index contributed by atoms with van der Waals surface area (Å²) in [6.45, 7) is 0.335. The van der Waals surface area contributed by atoms with Crippen LogP contribution >= 0.6 is 15.9 Å². The molecule has 0 N–H and O–H groups in total. The normalized spacial score (nSPS) is 10.2. The van der Waals surface area contributed by atoms with Crippen molar-refractivity contribution in [3.8, 4) is 0 Å². The number of esters is 1. The summed E-state index contributed by atoms with van der Waals surface area (Å²) < 4.78 is 6.72. The first-order valence-corrected chi connectivity index (χ1v) is 6.30. The summed E-state index contributed by atoms with van der Waals surface area (Å²) in [6, 6.07) is 8.12. The average Bonchev–Trinajstić information content (AvgIpc) is 2.42. The molecule has 1 aromatic carbocycles. The fraction of sp³-hybridized carbons (Fsp3) is 0.154. The predicted octanol–water partition coefficient (Wildman–Crippen LogP) is 1.84. The van der Waals surface area contributed by atoms with Crippen LogP contribution in [-0.2, 0) is 11.3 Å². The molecule has 5 nitrogen and oxygen atoms in total. The van der Waals surface area contributed by atoms with Crippen molar-refractivity contribution in [1.82, 2.24) is 9.78 Å². The van der Waals surface area contributed by atoms with Gasteiger partial charge in [0.05, 0.1) is 19.2 Å². The van der Waals surface area contributed by atoms with E-state index in [2.05, 4.69) is 25.8 Å². The Morgan fingerprint density at radius 3 is 2.84 bits per heavy atom. The standard InChI is InChI=1S/C13H11BrN2O3/c1-19-13(18)9-4-5-10(11(14)7-9)8-16-12(17)3-2-6-15-16/h2-7H,8H2,1H3. The Morgan fingerprint density at radius 1 is 1.42 bits per heavy atom. The maximum Gasteiger partial charge on any atom is 0.337 e. The summed E-state index contributed by atoms with van der Waals surface area (Å²) in [5.74, 6) is -0.401. The number of ether oxygens (including phenoxy) is 1. The summed E-state index contributed by atoms with van der Waals surface area (Å²) >= 11 is 3.38. The van der Waals surface area contributed by atoms with Crippen molar-refractivity contribution >= 4 is 21.9 Å². The molecule has 0 saturated heterocycles. The van der Waals surface area contributed by atoms with Crippen molar-refractivity contribution in [2.45, 2.75) is 6.54 Å². The van der Waals surface area contributed by atoms with E-state index in [9.17, 15) is 9.59 Å². The van der Waals surface area contributed by atoms with Gasteiger partial charge in [-0.3, -0.25) is 4.79 Å². The lowest BCUT2D eigenvalue weighted by atomic mass is 10.1. The van der Waals surface area contributed by atoms with E-state index < -0.39 is 5.97 Å². The molecular weight excluding hydrogens is 312 g/mol. The molecule has 0 amide bonds. The average molecular weight is 323 g/mol. The first-order chi connectivity index (χ1) is 9.11. The van der Waals surface area contributed by atoms with Gasteiger partial charge in [-0.2, -0.15) is 5.10 Å². The van der Waals surface area contributed by atoms with Gasteiger partial charge in [-0.05, 0) is 23.8 Å². The van der Waals surface area contributed by atoms with Gasteiger partial charge < -0.3 is 4.74 Å². The first kappa shape index (κ1) is 13.5. The molecule has 0 bridgehead atoms. The summed E-state index contributed by atoms with van der Waals surface area (Å²) in [7, 11) is 1.33. The van der Waals surface area contributed by atoms with Gasteiger partial charge >= 0.3 is 5.97 Å². The molecular formula is C13H11BrN2O3. The van der Waals surface area contributed by atoms with Crippen molar-refractivity contribution in [2.75, 3.05) is 7.11 Å².